The molecule has 4 aromatic rings. The number of nitrogens with zero attached hydrogens (tertiary/aromatic N) is 2. The minimum atomic E-state index is -0.0154. The third-order valence-corrected chi connectivity index (χ3v) is 6.52. The molecule has 2 aliphatic rings. The van der Waals surface area contributed by atoms with Crippen LogP contribution in [0.2, 0.25) is 0 Å². The lowest BCUT2D eigenvalue weighted by Crippen LogP contribution is -2.42. The zero-order valence-corrected chi connectivity index (χ0v) is 18.8. The van der Waals surface area contributed by atoms with Crippen molar-refractivity contribution < 1.29 is 18.6 Å². The lowest BCUT2D eigenvalue weighted by atomic mass is 9.98. The van der Waals surface area contributed by atoms with Crippen LogP contribution in [0, 0.1) is 6.92 Å². The fourth-order valence-corrected chi connectivity index (χ4v) is 4.82. The quantitative estimate of drug-likeness (QED) is 0.432. The molecule has 1 atom stereocenters. The SMILES string of the molecule is COc1cccc2c(C3=CCN(CC4COc5ccc6nc(C)ccc6c5O4)CC3)coc12. The number of ether oxygens (including phenoxy) is 3. The van der Waals surface area contributed by atoms with Gasteiger partial charge in [-0.1, -0.05) is 18.2 Å². The molecule has 4 heterocycles. The van der Waals surface area contributed by atoms with Crippen LogP contribution in [-0.4, -0.2) is 49.3 Å². The van der Waals surface area contributed by atoms with Gasteiger partial charge in [0.2, 0.25) is 0 Å². The van der Waals surface area contributed by atoms with Crippen LogP contribution in [0.25, 0.3) is 27.4 Å². The van der Waals surface area contributed by atoms with E-state index in [-0.39, 0.29) is 6.10 Å². The maximum absolute atomic E-state index is 6.41. The molecule has 0 fully saturated rings. The Morgan fingerprint density at radius 3 is 2.91 bits per heavy atom. The molecule has 0 amide bonds. The van der Waals surface area contributed by atoms with Gasteiger partial charge in [-0.05, 0) is 49.2 Å². The second kappa shape index (κ2) is 8.12. The fraction of sp³-hybridized carbons (Fsp3) is 0.296. The summed E-state index contributed by atoms with van der Waals surface area (Å²) in [5, 5.41) is 2.11. The first-order chi connectivity index (χ1) is 16.2. The van der Waals surface area contributed by atoms with E-state index in [9.17, 15) is 0 Å². The van der Waals surface area contributed by atoms with Crippen LogP contribution < -0.4 is 14.2 Å². The number of fused-ring (bicyclic) bond motifs is 4. The van der Waals surface area contributed by atoms with Crippen molar-refractivity contribution >= 4 is 27.4 Å². The van der Waals surface area contributed by atoms with E-state index >= 15 is 0 Å². The van der Waals surface area contributed by atoms with Gasteiger partial charge in [-0.3, -0.25) is 9.88 Å². The Kier molecular flexibility index (Phi) is 4.95. The highest BCUT2D eigenvalue weighted by Gasteiger charge is 2.26. The second-order valence-electron chi connectivity index (χ2n) is 8.69. The highest BCUT2D eigenvalue weighted by molar-refractivity contribution is 5.94. The molecule has 0 aliphatic carbocycles. The maximum atomic E-state index is 6.41. The summed E-state index contributed by atoms with van der Waals surface area (Å²) in [6, 6.07) is 14.1. The van der Waals surface area contributed by atoms with Gasteiger partial charge in [-0.15, -0.1) is 0 Å². The number of hydrogen-bond acceptors (Lipinski definition) is 6. The van der Waals surface area contributed by atoms with Crippen molar-refractivity contribution in [3.05, 3.63) is 66.1 Å². The highest BCUT2D eigenvalue weighted by Crippen LogP contribution is 2.39. The van der Waals surface area contributed by atoms with Crippen LogP contribution in [0.1, 0.15) is 17.7 Å². The van der Waals surface area contributed by atoms with Crippen LogP contribution in [0.5, 0.6) is 17.2 Å². The first-order valence-electron chi connectivity index (χ1n) is 11.4. The molecule has 168 valence electrons. The molecule has 6 rings (SSSR count). The molecule has 2 aliphatic heterocycles. The maximum Gasteiger partial charge on any atom is 0.176 e. The highest BCUT2D eigenvalue weighted by atomic mass is 16.6. The van der Waals surface area contributed by atoms with Crippen LogP contribution in [-0.2, 0) is 0 Å². The van der Waals surface area contributed by atoms with Gasteiger partial charge in [0, 0.05) is 41.7 Å². The van der Waals surface area contributed by atoms with E-state index in [1.165, 1.54) is 5.57 Å². The number of pyridine rings is 1. The van der Waals surface area contributed by atoms with Gasteiger partial charge in [0.1, 0.15) is 12.7 Å². The predicted octanol–water partition coefficient (Wildman–Crippen LogP) is 5.23. The van der Waals surface area contributed by atoms with E-state index in [1.54, 1.807) is 7.11 Å². The topological polar surface area (TPSA) is 57.0 Å². The van der Waals surface area contributed by atoms with Crippen LogP contribution in [0.15, 0.2) is 59.2 Å². The molecule has 0 saturated heterocycles. The number of aryl methyl sites for hydroxylation is 1. The molecule has 0 spiro atoms. The third kappa shape index (κ3) is 3.60. The summed E-state index contributed by atoms with van der Waals surface area (Å²) in [6.07, 6.45) is 5.10. The van der Waals surface area contributed by atoms with E-state index < -0.39 is 0 Å². The number of aromatic nitrogens is 1. The first-order valence-corrected chi connectivity index (χ1v) is 11.4. The van der Waals surface area contributed by atoms with Gasteiger partial charge in [0.15, 0.2) is 22.8 Å². The number of para-hydroxylation sites is 1. The van der Waals surface area contributed by atoms with Gasteiger partial charge in [-0.25, -0.2) is 0 Å². The summed E-state index contributed by atoms with van der Waals surface area (Å²) in [5.41, 5.74) is 5.21. The summed E-state index contributed by atoms with van der Waals surface area (Å²) >= 11 is 0. The molecule has 1 unspecified atom stereocenters. The summed E-state index contributed by atoms with van der Waals surface area (Å²) in [7, 11) is 1.67. The molecule has 2 aromatic heterocycles. The van der Waals surface area contributed by atoms with Crippen molar-refractivity contribution in [1.82, 2.24) is 9.88 Å². The average molecular weight is 443 g/mol. The smallest absolute Gasteiger partial charge is 0.176 e. The third-order valence-electron chi connectivity index (χ3n) is 6.52. The van der Waals surface area contributed by atoms with Gasteiger partial charge >= 0.3 is 0 Å². The van der Waals surface area contributed by atoms with Crippen LogP contribution in [0.3, 0.4) is 0 Å². The number of rotatable bonds is 4. The van der Waals surface area contributed by atoms with Crippen molar-refractivity contribution in [3.63, 3.8) is 0 Å². The molecule has 0 radical (unpaired) electrons. The van der Waals surface area contributed by atoms with E-state index in [2.05, 4.69) is 28.1 Å². The molecule has 0 saturated carbocycles. The second-order valence-corrected chi connectivity index (χ2v) is 8.69. The minimum absolute atomic E-state index is 0.0154. The number of furan rings is 1. The molecule has 33 heavy (non-hydrogen) atoms. The number of methoxy groups -OCH3 is 1. The Labute approximate surface area is 192 Å². The fourth-order valence-electron chi connectivity index (χ4n) is 4.82. The zero-order chi connectivity index (χ0) is 22.4. The van der Waals surface area contributed by atoms with Crippen molar-refractivity contribution in [2.75, 3.05) is 33.4 Å². The average Bonchev–Trinajstić information content (AvgIpc) is 3.28. The van der Waals surface area contributed by atoms with E-state index in [0.717, 1.165) is 76.4 Å². The number of benzene rings is 2. The van der Waals surface area contributed by atoms with E-state index in [0.29, 0.717) is 6.61 Å². The Bertz CT molecular complexity index is 1370. The van der Waals surface area contributed by atoms with Crippen LogP contribution in [0.4, 0.5) is 0 Å². The van der Waals surface area contributed by atoms with Crippen molar-refractivity contribution in [2.45, 2.75) is 19.4 Å². The molecule has 2 aromatic carbocycles. The Morgan fingerprint density at radius 1 is 1.12 bits per heavy atom. The summed E-state index contributed by atoms with van der Waals surface area (Å²) in [5.74, 6) is 2.38. The van der Waals surface area contributed by atoms with Crippen molar-refractivity contribution in [1.29, 1.82) is 0 Å². The predicted molar refractivity (Wildman–Crippen MR) is 128 cm³/mol. The Balaban J connectivity index is 1.17. The Morgan fingerprint density at radius 2 is 2.06 bits per heavy atom. The lowest BCUT2D eigenvalue weighted by Gasteiger charge is -2.33. The largest absolute Gasteiger partial charge is 0.493 e. The van der Waals surface area contributed by atoms with Crippen molar-refractivity contribution in [2.24, 2.45) is 0 Å². The molecule has 6 heteroatoms. The first kappa shape index (κ1) is 20.1. The molecular weight excluding hydrogens is 416 g/mol. The van der Waals surface area contributed by atoms with Gasteiger partial charge in [0.05, 0.1) is 18.9 Å². The zero-order valence-electron chi connectivity index (χ0n) is 18.8. The standard InChI is InChI=1S/C27H26N2O4/c1-17-6-7-21-23(28-17)8-9-25-27(21)33-19(15-31-25)14-29-12-10-18(11-13-29)22-16-32-26-20(22)4-3-5-24(26)30-2/h3-10,16,19H,11-15H2,1-2H3. The van der Waals surface area contributed by atoms with Crippen LogP contribution >= 0.6 is 0 Å². The molecule has 0 N–H and O–H groups in total. The molecule has 6 nitrogen and oxygen atoms in total. The van der Waals surface area contributed by atoms with Gasteiger partial charge < -0.3 is 18.6 Å². The lowest BCUT2D eigenvalue weighted by molar-refractivity contribution is 0.0632. The van der Waals surface area contributed by atoms with E-state index in [1.807, 2.05) is 43.5 Å². The Hall–Kier alpha value is -3.51. The molecular formula is C27H26N2O4. The summed E-state index contributed by atoms with van der Waals surface area (Å²) in [6.45, 7) is 5.20. The summed E-state index contributed by atoms with van der Waals surface area (Å²) < 4.78 is 23.7. The minimum Gasteiger partial charge on any atom is -0.493 e. The molecule has 0 bridgehead atoms. The summed E-state index contributed by atoms with van der Waals surface area (Å²) in [4.78, 5) is 7.04. The van der Waals surface area contributed by atoms with Crippen molar-refractivity contribution in [3.8, 4) is 17.2 Å². The monoisotopic (exact) mass is 442 g/mol. The van der Waals surface area contributed by atoms with Gasteiger partial charge in [-0.2, -0.15) is 0 Å². The van der Waals surface area contributed by atoms with E-state index in [4.69, 9.17) is 18.6 Å². The van der Waals surface area contributed by atoms with Gasteiger partial charge in [0.25, 0.3) is 0 Å². The normalized spacial score (nSPS) is 18.5. The number of hydrogen-bond donors (Lipinski definition) is 0.